The second-order valence-electron chi connectivity index (χ2n) is 7.78. The van der Waals surface area contributed by atoms with Crippen LogP contribution in [0.15, 0.2) is 76.2 Å². The van der Waals surface area contributed by atoms with Crippen molar-refractivity contribution in [3.8, 4) is 0 Å². The second-order valence-corrected chi connectivity index (χ2v) is 9.68. The van der Waals surface area contributed by atoms with Gasteiger partial charge in [0.1, 0.15) is 0 Å². The van der Waals surface area contributed by atoms with Gasteiger partial charge in [-0.05, 0) is 54.8 Å². The van der Waals surface area contributed by atoms with Gasteiger partial charge in [-0.15, -0.1) is 0 Å². The van der Waals surface area contributed by atoms with Gasteiger partial charge >= 0.3 is 0 Å². The molecule has 1 aliphatic heterocycles. The van der Waals surface area contributed by atoms with Crippen LogP contribution in [-0.2, 0) is 16.6 Å². The van der Waals surface area contributed by atoms with Crippen LogP contribution in [-0.4, -0.2) is 37.6 Å². The van der Waals surface area contributed by atoms with E-state index >= 15 is 0 Å². The highest BCUT2D eigenvalue weighted by Crippen LogP contribution is 2.23. The fraction of sp³-hybridized carbons (Fsp3) is 0.250. The van der Waals surface area contributed by atoms with Gasteiger partial charge in [-0.3, -0.25) is 9.59 Å². The van der Waals surface area contributed by atoms with Crippen LogP contribution in [0.5, 0.6) is 0 Å². The third kappa shape index (κ3) is 5.32. The van der Waals surface area contributed by atoms with Crippen molar-refractivity contribution in [1.82, 2.24) is 9.62 Å². The van der Waals surface area contributed by atoms with Crippen molar-refractivity contribution in [2.24, 2.45) is 0 Å². The van der Waals surface area contributed by atoms with Crippen molar-refractivity contribution in [1.29, 1.82) is 0 Å². The maximum atomic E-state index is 13.1. The Morgan fingerprint density at radius 2 is 1.70 bits per heavy atom. The zero-order chi connectivity index (χ0) is 23.3. The number of nitrogens with zero attached hydrogens (tertiary/aromatic N) is 1. The molecule has 1 saturated heterocycles. The van der Waals surface area contributed by atoms with Gasteiger partial charge in [0, 0.05) is 25.3 Å². The van der Waals surface area contributed by atoms with Crippen LogP contribution in [0.3, 0.4) is 0 Å². The molecule has 4 rings (SSSR count). The molecule has 0 unspecified atom stereocenters. The molecule has 8 nitrogen and oxygen atoms in total. The Kier molecular flexibility index (Phi) is 6.90. The van der Waals surface area contributed by atoms with Crippen molar-refractivity contribution in [3.63, 3.8) is 0 Å². The summed E-state index contributed by atoms with van der Waals surface area (Å²) in [5.41, 5.74) is 1.42. The van der Waals surface area contributed by atoms with E-state index in [1.165, 1.54) is 22.7 Å². The molecule has 0 spiro atoms. The van der Waals surface area contributed by atoms with Crippen molar-refractivity contribution < 1.29 is 22.4 Å². The summed E-state index contributed by atoms with van der Waals surface area (Å²) in [6, 6.07) is 16.5. The highest BCUT2D eigenvalue weighted by atomic mass is 32.2. The Bertz CT molecular complexity index is 1230. The lowest BCUT2D eigenvalue weighted by Crippen LogP contribution is -2.37. The molecule has 1 aliphatic rings. The first-order valence-electron chi connectivity index (χ1n) is 10.8. The molecule has 0 atom stereocenters. The predicted molar refractivity (Wildman–Crippen MR) is 123 cm³/mol. The molecule has 2 amide bonds. The van der Waals surface area contributed by atoms with E-state index in [1.807, 2.05) is 0 Å². The molecular weight excluding hydrogens is 442 g/mol. The smallest absolute Gasteiger partial charge is 0.291 e. The molecule has 2 N–H and O–H groups in total. The molecular formula is C24H25N3O5S. The minimum Gasteiger partial charge on any atom is -0.459 e. The molecule has 3 aromatic rings. The second kappa shape index (κ2) is 10.0. The van der Waals surface area contributed by atoms with E-state index in [9.17, 15) is 18.0 Å². The Morgan fingerprint density at radius 3 is 2.45 bits per heavy atom. The normalized spacial score (nSPS) is 14.5. The van der Waals surface area contributed by atoms with Crippen molar-refractivity contribution >= 4 is 27.5 Å². The zero-order valence-corrected chi connectivity index (χ0v) is 18.8. The number of amides is 2. The maximum Gasteiger partial charge on any atom is 0.291 e. The van der Waals surface area contributed by atoms with Gasteiger partial charge in [0.05, 0.1) is 16.7 Å². The predicted octanol–water partition coefficient (Wildman–Crippen LogP) is 3.64. The quantitative estimate of drug-likeness (QED) is 0.552. The number of sulfonamides is 1. The SMILES string of the molecule is O=C(Nc1cccc(CNC(=O)c2ccccc2S(=O)(=O)N2CCCCC2)c1)c1ccco1. The van der Waals surface area contributed by atoms with Crippen LogP contribution in [0.25, 0.3) is 0 Å². The summed E-state index contributed by atoms with van der Waals surface area (Å²) in [5.74, 6) is -0.658. The van der Waals surface area contributed by atoms with Crippen LogP contribution in [0.4, 0.5) is 5.69 Å². The Labute approximate surface area is 192 Å². The number of furan rings is 1. The molecule has 172 valence electrons. The lowest BCUT2D eigenvalue weighted by molar-refractivity contribution is 0.0946. The topological polar surface area (TPSA) is 109 Å². The number of hydrogen-bond donors (Lipinski definition) is 2. The Morgan fingerprint density at radius 1 is 0.909 bits per heavy atom. The molecule has 0 bridgehead atoms. The van der Waals surface area contributed by atoms with Crippen molar-refractivity contribution in [2.45, 2.75) is 30.7 Å². The maximum absolute atomic E-state index is 13.1. The van der Waals surface area contributed by atoms with Crippen LogP contribution < -0.4 is 10.6 Å². The van der Waals surface area contributed by atoms with E-state index in [-0.39, 0.29) is 28.7 Å². The van der Waals surface area contributed by atoms with E-state index in [1.54, 1.807) is 48.5 Å². The minimum absolute atomic E-state index is 0.0175. The lowest BCUT2D eigenvalue weighted by atomic mass is 10.1. The summed E-state index contributed by atoms with van der Waals surface area (Å²) in [5, 5.41) is 5.52. The number of benzene rings is 2. The standard InChI is InChI=1S/C24H25N3O5S/c28-23(20-10-2-3-12-22(20)33(30,31)27-13-4-1-5-14-27)25-17-18-8-6-9-19(16-18)26-24(29)21-11-7-15-32-21/h2-3,6-12,15-16H,1,4-5,13-14,17H2,(H,25,28)(H,26,29). The average Bonchev–Trinajstić information content (AvgIpc) is 3.39. The monoisotopic (exact) mass is 467 g/mol. The molecule has 1 aromatic heterocycles. The van der Waals surface area contributed by atoms with Crippen molar-refractivity contribution in [3.05, 3.63) is 83.8 Å². The number of hydrogen-bond acceptors (Lipinski definition) is 5. The molecule has 2 heterocycles. The first-order chi connectivity index (χ1) is 15.9. The summed E-state index contributed by atoms with van der Waals surface area (Å²) in [6.45, 7) is 1.10. The summed E-state index contributed by atoms with van der Waals surface area (Å²) in [7, 11) is -3.75. The van der Waals surface area contributed by atoms with E-state index in [0.717, 1.165) is 24.8 Å². The zero-order valence-electron chi connectivity index (χ0n) is 18.0. The van der Waals surface area contributed by atoms with E-state index in [4.69, 9.17) is 4.42 Å². The molecule has 1 fully saturated rings. The van der Waals surface area contributed by atoms with Crippen molar-refractivity contribution in [2.75, 3.05) is 18.4 Å². The van der Waals surface area contributed by atoms with Gasteiger partial charge < -0.3 is 15.1 Å². The first-order valence-corrected chi connectivity index (χ1v) is 12.2. The van der Waals surface area contributed by atoms with Gasteiger partial charge in [-0.2, -0.15) is 4.31 Å². The van der Waals surface area contributed by atoms with Gasteiger partial charge in [0.25, 0.3) is 11.8 Å². The fourth-order valence-corrected chi connectivity index (χ4v) is 5.47. The largest absolute Gasteiger partial charge is 0.459 e. The van der Waals surface area contributed by atoms with Gasteiger partial charge in [0.2, 0.25) is 10.0 Å². The molecule has 33 heavy (non-hydrogen) atoms. The Balaban J connectivity index is 1.45. The van der Waals surface area contributed by atoms with E-state index < -0.39 is 15.9 Å². The van der Waals surface area contributed by atoms with Crippen LogP contribution in [0, 0.1) is 0 Å². The van der Waals surface area contributed by atoms with Crippen LogP contribution in [0.2, 0.25) is 0 Å². The number of carbonyl (C=O) groups excluding carboxylic acids is 2. The lowest BCUT2D eigenvalue weighted by Gasteiger charge is -2.26. The number of piperidine rings is 1. The molecule has 0 saturated carbocycles. The highest BCUT2D eigenvalue weighted by molar-refractivity contribution is 7.89. The summed E-state index contributed by atoms with van der Waals surface area (Å²) >= 11 is 0. The molecule has 9 heteroatoms. The fourth-order valence-electron chi connectivity index (χ4n) is 3.76. The number of carbonyl (C=O) groups is 2. The van der Waals surface area contributed by atoms with Gasteiger partial charge in [-0.25, -0.2) is 8.42 Å². The minimum atomic E-state index is -3.75. The number of rotatable bonds is 7. The summed E-state index contributed by atoms with van der Waals surface area (Å²) < 4.78 is 32.8. The summed E-state index contributed by atoms with van der Waals surface area (Å²) in [6.07, 6.45) is 4.07. The van der Waals surface area contributed by atoms with Crippen LogP contribution >= 0.6 is 0 Å². The number of anilines is 1. The summed E-state index contributed by atoms with van der Waals surface area (Å²) in [4.78, 5) is 25.1. The highest BCUT2D eigenvalue weighted by Gasteiger charge is 2.29. The van der Waals surface area contributed by atoms with Gasteiger partial charge in [0.15, 0.2) is 5.76 Å². The number of nitrogens with one attached hydrogen (secondary N) is 2. The average molecular weight is 468 g/mol. The molecule has 2 aromatic carbocycles. The van der Waals surface area contributed by atoms with Gasteiger partial charge in [-0.1, -0.05) is 30.7 Å². The third-order valence-electron chi connectivity index (χ3n) is 5.45. The van der Waals surface area contributed by atoms with E-state index in [2.05, 4.69) is 10.6 Å². The Hall–Kier alpha value is -3.43. The molecule has 0 aliphatic carbocycles. The van der Waals surface area contributed by atoms with Crippen LogP contribution in [0.1, 0.15) is 45.7 Å². The van der Waals surface area contributed by atoms with E-state index in [0.29, 0.717) is 18.8 Å². The third-order valence-corrected chi connectivity index (χ3v) is 7.40. The molecule has 0 radical (unpaired) electrons. The first kappa shape index (κ1) is 22.8.